The fourth-order valence-electron chi connectivity index (χ4n) is 4.36. The Morgan fingerprint density at radius 1 is 1.24 bits per heavy atom. The third-order valence-corrected chi connectivity index (χ3v) is 6.81. The van der Waals surface area contributed by atoms with E-state index in [1.807, 2.05) is 11.0 Å². The molecule has 1 fully saturated rings. The number of carbonyl (C=O) groups excluding carboxylic acids is 1. The lowest BCUT2D eigenvalue weighted by Gasteiger charge is -2.41. The molecule has 1 aliphatic heterocycles. The lowest BCUT2D eigenvalue weighted by Crippen LogP contribution is -2.46. The second-order valence-electron chi connectivity index (χ2n) is 7.87. The average Bonchev–Trinajstić information content (AvgIpc) is 3.53. The minimum Gasteiger partial charge on any atom is -0.483 e. The van der Waals surface area contributed by atoms with Crippen LogP contribution in [0.1, 0.15) is 41.5 Å². The van der Waals surface area contributed by atoms with E-state index in [9.17, 15) is 4.79 Å². The van der Waals surface area contributed by atoms with E-state index >= 15 is 0 Å². The number of nitrogens with one attached hydrogen (secondary N) is 1. The zero-order valence-electron chi connectivity index (χ0n) is 18.8. The Hall–Kier alpha value is -3.79. The Morgan fingerprint density at radius 2 is 1.97 bits per heavy atom. The van der Waals surface area contributed by atoms with Crippen LogP contribution in [0.2, 0.25) is 0 Å². The Kier molecular flexibility index (Phi) is 7.17. The van der Waals surface area contributed by atoms with E-state index in [4.69, 9.17) is 14.9 Å². The van der Waals surface area contributed by atoms with Crippen LogP contribution in [0.15, 0.2) is 60.2 Å². The third kappa shape index (κ3) is 4.62. The molecule has 5 rings (SSSR count). The number of carbonyl (C=O) groups is 2. The van der Waals surface area contributed by atoms with Gasteiger partial charge in [0, 0.05) is 48.9 Å². The molecule has 4 aromatic rings. The first kappa shape index (κ1) is 23.4. The molecule has 1 amide bonds. The van der Waals surface area contributed by atoms with Gasteiger partial charge < -0.3 is 15.3 Å². The normalized spacial score (nSPS) is 14.8. The summed E-state index contributed by atoms with van der Waals surface area (Å²) in [5, 5.41) is 17.7. The van der Waals surface area contributed by atoms with Crippen LogP contribution in [0.5, 0.6) is 0 Å². The highest BCUT2D eigenvalue weighted by atomic mass is 32.1. The number of hydrogen-bond donors (Lipinski definition) is 2. The molecule has 9 nitrogen and oxygen atoms in total. The number of benzene rings is 1. The summed E-state index contributed by atoms with van der Waals surface area (Å²) in [6, 6.07) is 14.1. The predicted octanol–water partition coefficient (Wildman–Crippen LogP) is 3.54. The van der Waals surface area contributed by atoms with Gasteiger partial charge >= 0.3 is 0 Å². The molecular weight excluding hydrogens is 452 g/mol. The van der Waals surface area contributed by atoms with Crippen molar-refractivity contribution in [2.75, 3.05) is 25.0 Å². The number of amides is 1. The molecule has 0 saturated carbocycles. The minimum atomic E-state index is -0.250. The predicted molar refractivity (Wildman–Crippen MR) is 130 cm³/mol. The van der Waals surface area contributed by atoms with Gasteiger partial charge in [-0.3, -0.25) is 9.59 Å². The molecule has 3 aromatic heterocycles. The zero-order chi connectivity index (χ0) is 24.0. The number of anilines is 1. The van der Waals surface area contributed by atoms with E-state index in [2.05, 4.69) is 52.0 Å². The molecule has 10 heteroatoms. The van der Waals surface area contributed by atoms with Crippen LogP contribution in [0.25, 0.3) is 5.65 Å². The molecular formula is C24H26N6O3S. The van der Waals surface area contributed by atoms with Gasteiger partial charge in [-0.15, -0.1) is 11.3 Å². The number of aromatic nitrogens is 4. The summed E-state index contributed by atoms with van der Waals surface area (Å²) in [6.45, 7) is 3.99. The fraction of sp³-hybridized carbons (Fsp3) is 0.292. The minimum absolute atomic E-state index is 0.0428. The van der Waals surface area contributed by atoms with Crippen molar-refractivity contribution in [1.29, 1.82) is 0 Å². The van der Waals surface area contributed by atoms with Crippen molar-refractivity contribution < 1.29 is 14.7 Å². The molecule has 4 heterocycles. The average molecular weight is 479 g/mol. The maximum absolute atomic E-state index is 13.1. The number of hydrogen-bond acceptors (Lipinski definition) is 7. The first-order valence-electron chi connectivity index (χ1n) is 11.0. The molecule has 1 aromatic carbocycles. The fourth-order valence-corrected chi connectivity index (χ4v) is 5.24. The summed E-state index contributed by atoms with van der Waals surface area (Å²) < 4.78 is 1.64. The lowest BCUT2D eigenvalue weighted by atomic mass is 9.70. The van der Waals surface area contributed by atoms with Gasteiger partial charge in [-0.05, 0) is 31.4 Å². The van der Waals surface area contributed by atoms with Gasteiger partial charge in [0.1, 0.15) is 0 Å². The molecule has 0 aliphatic carbocycles. The summed E-state index contributed by atoms with van der Waals surface area (Å²) in [6.07, 6.45) is 5.16. The number of carboxylic acid groups (broad SMARTS) is 1. The van der Waals surface area contributed by atoms with E-state index in [0.717, 1.165) is 30.2 Å². The highest BCUT2D eigenvalue weighted by Crippen LogP contribution is 2.42. The number of nitrogens with zero attached hydrogens (tertiary/aromatic N) is 5. The topological polar surface area (TPSA) is 113 Å². The molecule has 176 valence electrons. The van der Waals surface area contributed by atoms with Crippen molar-refractivity contribution in [3.8, 4) is 0 Å². The first-order chi connectivity index (χ1) is 16.6. The van der Waals surface area contributed by atoms with Crippen molar-refractivity contribution in [2.24, 2.45) is 0 Å². The van der Waals surface area contributed by atoms with Crippen LogP contribution in [-0.4, -0.2) is 61.6 Å². The maximum Gasteiger partial charge on any atom is 0.290 e. The van der Waals surface area contributed by atoms with Crippen molar-refractivity contribution >= 4 is 34.5 Å². The van der Waals surface area contributed by atoms with E-state index in [1.54, 1.807) is 40.4 Å². The van der Waals surface area contributed by atoms with E-state index in [1.165, 1.54) is 5.56 Å². The SMILES string of the molecule is CCNc1nc(C2(c3ccccc3)CCN(C(=O)c3cc4ncccn4n3)CC2)cs1.O=CO. The standard InChI is InChI=1S/C23H24N6OS.CH2O2/c1-2-24-22-26-19(16-31-22)23(17-7-4-3-5-8-17)9-13-28(14-10-23)21(30)18-15-20-25-11-6-12-29(20)27-18;2-1-3/h3-8,11-12,15-16H,2,9-10,13-14H2,1H3,(H,24,26);1H,(H,2,3). The van der Waals surface area contributed by atoms with E-state index in [0.29, 0.717) is 24.4 Å². The van der Waals surface area contributed by atoms with Crippen LogP contribution in [0.4, 0.5) is 5.13 Å². The molecule has 2 N–H and O–H groups in total. The molecule has 34 heavy (non-hydrogen) atoms. The largest absolute Gasteiger partial charge is 0.483 e. The van der Waals surface area contributed by atoms with Gasteiger partial charge in [-0.1, -0.05) is 30.3 Å². The van der Waals surface area contributed by atoms with Crippen molar-refractivity contribution in [1.82, 2.24) is 24.5 Å². The lowest BCUT2D eigenvalue weighted by molar-refractivity contribution is -0.122. The summed E-state index contributed by atoms with van der Waals surface area (Å²) in [5.74, 6) is -0.0428. The Morgan fingerprint density at radius 3 is 2.65 bits per heavy atom. The van der Waals surface area contributed by atoms with Crippen LogP contribution >= 0.6 is 11.3 Å². The van der Waals surface area contributed by atoms with Crippen LogP contribution in [0, 0.1) is 0 Å². The summed E-state index contributed by atoms with van der Waals surface area (Å²) in [5.41, 5.74) is 3.27. The number of rotatable bonds is 5. The van der Waals surface area contributed by atoms with E-state index < -0.39 is 0 Å². The molecule has 1 saturated heterocycles. The molecule has 0 bridgehead atoms. The van der Waals surface area contributed by atoms with Crippen molar-refractivity contribution in [3.63, 3.8) is 0 Å². The molecule has 0 radical (unpaired) electrons. The Labute approximate surface area is 201 Å². The smallest absolute Gasteiger partial charge is 0.290 e. The van der Waals surface area contributed by atoms with Gasteiger partial charge in [-0.2, -0.15) is 5.10 Å². The summed E-state index contributed by atoms with van der Waals surface area (Å²) in [4.78, 5) is 32.6. The molecule has 0 atom stereocenters. The Bertz CT molecular complexity index is 1210. The van der Waals surface area contributed by atoms with Crippen LogP contribution < -0.4 is 5.32 Å². The van der Waals surface area contributed by atoms with Crippen LogP contribution in [-0.2, 0) is 10.2 Å². The number of piperidine rings is 1. The van der Waals surface area contributed by atoms with Gasteiger partial charge in [-0.25, -0.2) is 14.5 Å². The number of fused-ring (bicyclic) bond motifs is 1. The third-order valence-electron chi connectivity index (χ3n) is 6.01. The first-order valence-corrected chi connectivity index (χ1v) is 11.9. The summed E-state index contributed by atoms with van der Waals surface area (Å²) in [7, 11) is 0. The van der Waals surface area contributed by atoms with Crippen molar-refractivity contribution in [2.45, 2.75) is 25.2 Å². The number of likely N-dealkylation sites (tertiary alicyclic amines) is 1. The quantitative estimate of drug-likeness (QED) is 0.422. The zero-order valence-corrected chi connectivity index (χ0v) is 19.6. The maximum atomic E-state index is 13.1. The van der Waals surface area contributed by atoms with Gasteiger partial charge in [0.05, 0.1) is 5.69 Å². The van der Waals surface area contributed by atoms with Gasteiger partial charge in [0.2, 0.25) is 0 Å². The van der Waals surface area contributed by atoms with Crippen molar-refractivity contribution in [3.05, 3.63) is 77.2 Å². The summed E-state index contributed by atoms with van der Waals surface area (Å²) >= 11 is 1.64. The molecule has 1 aliphatic rings. The second kappa shape index (κ2) is 10.4. The van der Waals surface area contributed by atoms with Gasteiger partial charge in [0.15, 0.2) is 16.5 Å². The van der Waals surface area contributed by atoms with Crippen LogP contribution in [0.3, 0.4) is 0 Å². The molecule has 0 spiro atoms. The Balaban J connectivity index is 0.000000868. The van der Waals surface area contributed by atoms with E-state index in [-0.39, 0.29) is 17.8 Å². The monoisotopic (exact) mass is 478 g/mol. The highest BCUT2D eigenvalue weighted by Gasteiger charge is 2.41. The number of thiazole rings is 1. The highest BCUT2D eigenvalue weighted by molar-refractivity contribution is 7.13. The second-order valence-corrected chi connectivity index (χ2v) is 8.72. The molecule has 0 unspecified atom stereocenters. The van der Waals surface area contributed by atoms with Gasteiger partial charge in [0.25, 0.3) is 12.4 Å².